The Hall–Kier alpha value is -1.89. The van der Waals surface area contributed by atoms with Crippen LogP contribution >= 0.6 is 0 Å². The molecule has 1 fully saturated rings. The topological polar surface area (TPSA) is 44.1 Å². The van der Waals surface area contributed by atoms with Crippen molar-refractivity contribution in [1.29, 1.82) is 5.26 Å². The highest BCUT2D eigenvalue weighted by Gasteiger charge is 2.51. The third kappa shape index (κ3) is 1.73. The molecule has 0 bridgehead atoms. The lowest BCUT2D eigenvalue weighted by atomic mass is 9.62. The maximum absolute atomic E-state index is 13.3. The molecule has 4 heteroatoms. The standard InChI is InChI=1S/C15H15FN2O/c1-10-7-15(8-10,9-17)14(19)18-5-4-11-2-3-12(16)6-13(11)18/h2-3,6,10H,4-5,7-8H2,1H3. The van der Waals surface area contributed by atoms with E-state index in [0.29, 0.717) is 31.0 Å². The Labute approximate surface area is 111 Å². The molecule has 1 saturated carbocycles. The summed E-state index contributed by atoms with van der Waals surface area (Å²) < 4.78 is 13.3. The van der Waals surface area contributed by atoms with E-state index in [1.54, 1.807) is 11.0 Å². The van der Waals surface area contributed by atoms with Crippen molar-refractivity contribution in [3.63, 3.8) is 0 Å². The van der Waals surface area contributed by atoms with E-state index < -0.39 is 5.41 Å². The molecule has 3 rings (SSSR count). The van der Waals surface area contributed by atoms with Gasteiger partial charge in [0, 0.05) is 12.2 Å². The SMILES string of the molecule is CC1CC(C#N)(C(=O)N2CCc3ccc(F)cc32)C1. The lowest BCUT2D eigenvalue weighted by Crippen LogP contribution is -2.49. The van der Waals surface area contributed by atoms with Gasteiger partial charge in [-0.15, -0.1) is 0 Å². The van der Waals surface area contributed by atoms with Gasteiger partial charge in [0.25, 0.3) is 0 Å². The number of benzene rings is 1. The quantitative estimate of drug-likeness (QED) is 0.777. The number of nitriles is 1. The van der Waals surface area contributed by atoms with E-state index in [2.05, 4.69) is 6.07 Å². The molecule has 2 aliphatic rings. The molecule has 0 atom stereocenters. The molecule has 0 aromatic heterocycles. The van der Waals surface area contributed by atoms with Crippen molar-refractivity contribution in [2.45, 2.75) is 26.2 Å². The highest BCUT2D eigenvalue weighted by molar-refractivity contribution is 6.01. The summed E-state index contributed by atoms with van der Waals surface area (Å²) in [7, 11) is 0. The molecule has 0 spiro atoms. The van der Waals surface area contributed by atoms with Gasteiger partial charge in [-0.05, 0) is 42.9 Å². The Morgan fingerprint density at radius 1 is 1.53 bits per heavy atom. The number of nitrogens with zero attached hydrogens (tertiary/aromatic N) is 2. The van der Waals surface area contributed by atoms with Crippen LogP contribution in [0.4, 0.5) is 10.1 Å². The molecule has 1 amide bonds. The Morgan fingerprint density at radius 2 is 2.26 bits per heavy atom. The minimum absolute atomic E-state index is 0.155. The van der Waals surface area contributed by atoms with Crippen LogP contribution < -0.4 is 4.90 Å². The van der Waals surface area contributed by atoms with Gasteiger partial charge in [-0.25, -0.2) is 4.39 Å². The monoisotopic (exact) mass is 258 g/mol. The van der Waals surface area contributed by atoms with Crippen LogP contribution in [0.3, 0.4) is 0 Å². The van der Waals surface area contributed by atoms with Crippen molar-refractivity contribution in [2.75, 3.05) is 11.4 Å². The zero-order chi connectivity index (χ0) is 13.6. The van der Waals surface area contributed by atoms with Crippen LogP contribution in [0.1, 0.15) is 25.3 Å². The van der Waals surface area contributed by atoms with E-state index in [4.69, 9.17) is 0 Å². The lowest BCUT2D eigenvalue weighted by molar-refractivity contribution is -0.131. The molecule has 98 valence electrons. The highest BCUT2D eigenvalue weighted by atomic mass is 19.1. The lowest BCUT2D eigenvalue weighted by Gasteiger charge is -2.41. The first-order chi connectivity index (χ1) is 9.05. The third-order valence-electron chi connectivity index (χ3n) is 4.21. The summed E-state index contributed by atoms with van der Waals surface area (Å²) in [5.41, 5.74) is 0.738. The summed E-state index contributed by atoms with van der Waals surface area (Å²) in [5.74, 6) is -0.0814. The second-order valence-corrected chi connectivity index (χ2v) is 5.69. The van der Waals surface area contributed by atoms with Crippen molar-refractivity contribution in [1.82, 2.24) is 0 Å². The van der Waals surface area contributed by atoms with Crippen molar-refractivity contribution >= 4 is 11.6 Å². The first-order valence-electron chi connectivity index (χ1n) is 6.57. The molecule has 3 nitrogen and oxygen atoms in total. The molecule has 1 aliphatic carbocycles. The van der Waals surface area contributed by atoms with E-state index in [1.807, 2.05) is 6.92 Å². The Bertz CT molecular complexity index is 584. The average molecular weight is 258 g/mol. The molecule has 19 heavy (non-hydrogen) atoms. The normalized spacial score (nSPS) is 28.5. The first-order valence-corrected chi connectivity index (χ1v) is 6.57. The van der Waals surface area contributed by atoms with E-state index in [0.717, 1.165) is 12.0 Å². The molecule has 1 aromatic rings. The largest absolute Gasteiger partial charge is 0.310 e. The number of hydrogen-bond acceptors (Lipinski definition) is 2. The summed E-state index contributed by atoms with van der Waals surface area (Å²) in [6.45, 7) is 2.59. The van der Waals surface area contributed by atoms with Gasteiger partial charge in [0.05, 0.1) is 6.07 Å². The number of fused-ring (bicyclic) bond motifs is 1. The molecule has 0 saturated heterocycles. The smallest absolute Gasteiger partial charge is 0.247 e. The number of rotatable bonds is 1. The van der Waals surface area contributed by atoms with E-state index in [-0.39, 0.29) is 11.7 Å². The molecule has 1 heterocycles. The van der Waals surface area contributed by atoms with E-state index >= 15 is 0 Å². The summed E-state index contributed by atoms with van der Waals surface area (Å²) >= 11 is 0. The number of amides is 1. The zero-order valence-electron chi connectivity index (χ0n) is 10.8. The number of carbonyl (C=O) groups is 1. The molecule has 0 radical (unpaired) electrons. The molecule has 0 N–H and O–H groups in total. The van der Waals surface area contributed by atoms with Gasteiger partial charge in [0.15, 0.2) is 0 Å². The van der Waals surface area contributed by atoms with Gasteiger partial charge in [0.1, 0.15) is 11.2 Å². The minimum Gasteiger partial charge on any atom is -0.310 e. The van der Waals surface area contributed by atoms with Crippen LogP contribution in [-0.2, 0) is 11.2 Å². The van der Waals surface area contributed by atoms with Crippen LogP contribution in [0.5, 0.6) is 0 Å². The molecule has 1 aromatic carbocycles. The van der Waals surface area contributed by atoms with Gasteiger partial charge in [-0.1, -0.05) is 13.0 Å². The Morgan fingerprint density at radius 3 is 2.89 bits per heavy atom. The van der Waals surface area contributed by atoms with E-state index in [9.17, 15) is 14.4 Å². The van der Waals surface area contributed by atoms with Gasteiger partial charge in [0.2, 0.25) is 5.91 Å². The van der Waals surface area contributed by atoms with Crippen LogP contribution in [0.2, 0.25) is 0 Å². The maximum atomic E-state index is 13.3. The van der Waals surface area contributed by atoms with Crippen molar-refractivity contribution in [3.8, 4) is 6.07 Å². The molecule has 0 unspecified atom stereocenters. The highest BCUT2D eigenvalue weighted by Crippen LogP contribution is 2.47. The second-order valence-electron chi connectivity index (χ2n) is 5.69. The first kappa shape index (κ1) is 12.2. The van der Waals surface area contributed by atoms with Crippen LogP contribution in [0.15, 0.2) is 18.2 Å². The maximum Gasteiger partial charge on any atom is 0.247 e. The molecular weight excluding hydrogens is 243 g/mol. The van der Waals surface area contributed by atoms with Gasteiger partial charge in [-0.2, -0.15) is 5.26 Å². The van der Waals surface area contributed by atoms with Crippen LogP contribution in [-0.4, -0.2) is 12.5 Å². The summed E-state index contributed by atoms with van der Waals surface area (Å²) in [6.07, 6.45) is 1.96. The zero-order valence-corrected chi connectivity index (χ0v) is 10.8. The summed E-state index contributed by atoms with van der Waals surface area (Å²) in [5, 5.41) is 9.32. The van der Waals surface area contributed by atoms with Crippen LogP contribution in [0, 0.1) is 28.5 Å². The van der Waals surface area contributed by atoms with Gasteiger partial charge < -0.3 is 4.90 Å². The predicted octanol–water partition coefficient (Wildman–Crippen LogP) is 2.65. The fraction of sp³-hybridized carbons (Fsp3) is 0.467. The third-order valence-corrected chi connectivity index (χ3v) is 4.21. The second kappa shape index (κ2) is 4.06. The van der Waals surface area contributed by atoms with Crippen molar-refractivity contribution in [2.24, 2.45) is 11.3 Å². The summed E-state index contributed by atoms with van der Waals surface area (Å²) in [4.78, 5) is 14.2. The van der Waals surface area contributed by atoms with Crippen LogP contribution in [0.25, 0.3) is 0 Å². The summed E-state index contributed by atoms with van der Waals surface area (Å²) in [6, 6.07) is 6.72. The number of hydrogen-bond donors (Lipinski definition) is 0. The molecule has 1 aliphatic heterocycles. The number of carbonyl (C=O) groups excluding carboxylic acids is 1. The average Bonchev–Trinajstić information content (AvgIpc) is 2.76. The minimum atomic E-state index is -0.882. The Balaban J connectivity index is 1.92. The van der Waals surface area contributed by atoms with Crippen molar-refractivity contribution in [3.05, 3.63) is 29.6 Å². The fourth-order valence-electron chi connectivity index (χ4n) is 3.27. The fourth-order valence-corrected chi connectivity index (χ4v) is 3.27. The van der Waals surface area contributed by atoms with Crippen molar-refractivity contribution < 1.29 is 9.18 Å². The number of halogens is 1. The van der Waals surface area contributed by atoms with Gasteiger partial charge in [-0.3, -0.25) is 4.79 Å². The van der Waals surface area contributed by atoms with Gasteiger partial charge >= 0.3 is 0 Å². The predicted molar refractivity (Wildman–Crippen MR) is 68.9 cm³/mol. The number of anilines is 1. The molecular formula is C15H15FN2O. The van der Waals surface area contributed by atoms with E-state index in [1.165, 1.54) is 12.1 Å². The Kier molecular flexibility index (Phi) is 2.60.